The summed E-state index contributed by atoms with van der Waals surface area (Å²) < 4.78 is 4.57. The van der Waals surface area contributed by atoms with Crippen molar-refractivity contribution in [2.24, 2.45) is 0 Å². The summed E-state index contributed by atoms with van der Waals surface area (Å²) in [6, 6.07) is 26.6. The molecule has 0 saturated carbocycles. The molecule has 1 aromatic heterocycles. The van der Waals surface area contributed by atoms with Gasteiger partial charge in [0.15, 0.2) is 0 Å². The van der Waals surface area contributed by atoms with Gasteiger partial charge in [0, 0.05) is 20.8 Å². The molecule has 1 spiro atoms. The van der Waals surface area contributed by atoms with Gasteiger partial charge in [-0.2, -0.15) is 0 Å². The molecule has 0 radical (unpaired) electrons. The molecule has 2 aliphatic rings. The monoisotopic (exact) mass is 461 g/mol. The third-order valence-electron chi connectivity index (χ3n) is 5.76. The van der Waals surface area contributed by atoms with E-state index in [0.29, 0.717) is 0 Å². The Labute approximate surface area is 168 Å². The molecule has 0 N–H and O–H groups in total. The minimum absolute atomic E-state index is 0.266. The summed E-state index contributed by atoms with van der Waals surface area (Å²) in [6.45, 7) is 0. The topological polar surface area (TPSA) is 4.93 Å². The van der Waals surface area contributed by atoms with Crippen LogP contribution < -0.4 is 0 Å². The maximum atomic E-state index is 3.71. The van der Waals surface area contributed by atoms with Gasteiger partial charge in [0.05, 0.1) is 11.1 Å². The highest BCUT2D eigenvalue weighted by Gasteiger charge is 2.52. The van der Waals surface area contributed by atoms with E-state index < -0.39 is 0 Å². The van der Waals surface area contributed by atoms with Crippen LogP contribution in [0.3, 0.4) is 0 Å². The first-order valence-corrected chi connectivity index (χ1v) is 10.2. The third-order valence-corrected chi connectivity index (χ3v) is 6.75. The van der Waals surface area contributed by atoms with E-state index in [-0.39, 0.29) is 5.41 Å². The Morgan fingerprint density at radius 1 is 0.654 bits per heavy atom. The zero-order valence-electron chi connectivity index (χ0n) is 13.7. The number of aromatic nitrogens is 1. The number of halogens is 2. The van der Waals surface area contributed by atoms with E-state index in [9.17, 15) is 0 Å². The van der Waals surface area contributed by atoms with Gasteiger partial charge < -0.3 is 4.57 Å². The van der Waals surface area contributed by atoms with E-state index in [4.69, 9.17) is 0 Å². The van der Waals surface area contributed by atoms with Gasteiger partial charge in [-0.1, -0.05) is 62.2 Å². The van der Waals surface area contributed by atoms with Gasteiger partial charge in [0.2, 0.25) is 0 Å². The molecule has 1 nitrogen and oxygen atoms in total. The van der Waals surface area contributed by atoms with Crippen molar-refractivity contribution in [3.63, 3.8) is 0 Å². The van der Waals surface area contributed by atoms with Crippen LogP contribution in [0.2, 0.25) is 0 Å². The molecule has 1 aliphatic carbocycles. The number of hydrogen-bond donors (Lipinski definition) is 0. The summed E-state index contributed by atoms with van der Waals surface area (Å²) in [5.41, 5.74) is 9.02. The fourth-order valence-corrected chi connectivity index (χ4v) is 5.59. The lowest BCUT2D eigenvalue weighted by Crippen LogP contribution is -2.26. The maximum absolute atomic E-state index is 3.71. The summed E-state index contributed by atoms with van der Waals surface area (Å²) in [6.07, 6.45) is 2.18. The van der Waals surface area contributed by atoms with Gasteiger partial charge in [-0.15, -0.1) is 0 Å². The van der Waals surface area contributed by atoms with Crippen molar-refractivity contribution in [2.75, 3.05) is 0 Å². The Kier molecular flexibility index (Phi) is 2.88. The van der Waals surface area contributed by atoms with Crippen molar-refractivity contribution in [2.45, 2.75) is 5.41 Å². The summed E-state index contributed by atoms with van der Waals surface area (Å²) in [4.78, 5) is 0. The van der Waals surface area contributed by atoms with Crippen LogP contribution in [-0.4, -0.2) is 4.57 Å². The van der Waals surface area contributed by atoms with E-state index in [1.54, 1.807) is 0 Å². The molecule has 4 aromatic rings. The SMILES string of the molecule is Brc1ccc2c(c1)C1(c3cc(Br)ccc3-2)c2ccccc2-n2cccc21. The van der Waals surface area contributed by atoms with Gasteiger partial charge in [0.25, 0.3) is 0 Å². The quantitative estimate of drug-likeness (QED) is 0.237. The summed E-state index contributed by atoms with van der Waals surface area (Å²) in [5.74, 6) is 0. The van der Waals surface area contributed by atoms with E-state index in [0.717, 1.165) is 8.95 Å². The third kappa shape index (κ3) is 1.62. The molecule has 6 rings (SSSR count). The molecular weight excluding hydrogens is 450 g/mol. The van der Waals surface area contributed by atoms with Crippen LogP contribution in [0.5, 0.6) is 0 Å². The van der Waals surface area contributed by atoms with E-state index in [2.05, 4.69) is 115 Å². The van der Waals surface area contributed by atoms with E-state index in [1.807, 2.05) is 0 Å². The van der Waals surface area contributed by atoms with Gasteiger partial charge in [-0.05, 0) is 70.3 Å². The highest BCUT2D eigenvalue weighted by atomic mass is 79.9. The zero-order valence-corrected chi connectivity index (χ0v) is 16.9. The van der Waals surface area contributed by atoms with Crippen LogP contribution in [0.25, 0.3) is 16.8 Å². The van der Waals surface area contributed by atoms with Crippen molar-refractivity contribution in [3.05, 3.63) is 110 Å². The van der Waals surface area contributed by atoms with Crippen molar-refractivity contribution < 1.29 is 0 Å². The Bertz CT molecular complexity index is 1170. The molecule has 0 bridgehead atoms. The highest BCUT2D eigenvalue weighted by molar-refractivity contribution is 9.10. The maximum Gasteiger partial charge on any atom is 0.0890 e. The molecule has 0 saturated heterocycles. The van der Waals surface area contributed by atoms with Crippen molar-refractivity contribution in [3.8, 4) is 16.8 Å². The van der Waals surface area contributed by atoms with Gasteiger partial charge in [-0.3, -0.25) is 0 Å². The number of benzene rings is 3. The fraction of sp³-hybridized carbons (Fsp3) is 0.0435. The smallest absolute Gasteiger partial charge is 0.0890 e. The summed E-state index contributed by atoms with van der Waals surface area (Å²) in [5, 5.41) is 0. The lowest BCUT2D eigenvalue weighted by atomic mass is 9.71. The normalized spacial score (nSPS) is 14.8. The number of fused-ring (bicyclic) bond motifs is 10. The second kappa shape index (κ2) is 4.99. The van der Waals surface area contributed by atoms with Crippen molar-refractivity contribution in [1.29, 1.82) is 0 Å². The molecule has 0 atom stereocenters. The first-order chi connectivity index (χ1) is 12.7. The lowest BCUT2D eigenvalue weighted by Gasteiger charge is -2.28. The highest BCUT2D eigenvalue weighted by Crippen LogP contribution is 2.60. The first-order valence-electron chi connectivity index (χ1n) is 8.59. The predicted octanol–water partition coefficient (Wildman–Crippen LogP) is 6.68. The fourth-order valence-electron chi connectivity index (χ4n) is 4.87. The summed E-state index contributed by atoms with van der Waals surface area (Å²) >= 11 is 7.42. The van der Waals surface area contributed by atoms with Gasteiger partial charge in [0.1, 0.15) is 0 Å². The molecule has 3 heteroatoms. The van der Waals surface area contributed by atoms with Gasteiger partial charge in [-0.25, -0.2) is 0 Å². The molecule has 3 aromatic carbocycles. The predicted molar refractivity (Wildman–Crippen MR) is 112 cm³/mol. The molecule has 124 valence electrons. The van der Waals surface area contributed by atoms with Crippen molar-refractivity contribution in [1.82, 2.24) is 4.57 Å². The van der Waals surface area contributed by atoms with Crippen molar-refractivity contribution >= 4 is 31.9 Å². The average molecular weight is 463 g/mol. The molecule has 0 unspecified atom stereocenters. The number of rotatable bonds is 0. The molecule has 0 amide bonds. The Hall–Kier alpha value is -2.10. The number of nitrogens with zero attached hydrogens (tertiary/aromatic N) is 1. The van der Waals surface area contributed by atoms with Crippen LogP contribution in [0.4, 0.5) is 0 Å². The molecular formula is C23H13Br2N. The molecule has 1 aliphatic heterocycles. The Morgan fingerprint density at radius 3 is 2.00 bits per heavy atom. The summed E-state index contributed by atoms with van der Waals surface area (Å²) in [7, 11) is 0. The minimum atomic E-state index is -0.266. The first kappa shape index (κ1) is 15.0. The largest absolute Gasteiger partial charge is 0.319 e. The second-order valence-electron chi connectivity index (χ2n) is 6.91. The molecule has 26 heavy (non-hydrogen) atoms. The average Bonchev–Trinajstić information content (AvgIpc) is 3.29. The van der Waals surface area contributed by atoms with Crippen LogP contribution in [0.15, 0.2) is 87.9 Å². The number of hydrogen-bond acceptors (Lipinski definition) is 0. The van der Waals surface area contributed by atoms with E-state index in [1.165, 1.54) is 39.2 Å². The zero-order chi connectivity index (χ0) is 17.5. The standard InChI is InChI=1S/C23H13Br2N/c24-14-7-9-16-17-10-8-15(25)13-20(17)23(19(16)12-14)18-4-1-2-5-21(18)26-11-3-6-22(23)26/h1-13H. The van der Waals surface area contributed by atoms with Crippen LogP contribution in [-0.2, 0) is 5.41 Å². The lowest BCUT2D eigenvalue weighted by molar-refractivity contribution is 0.766. The Morgan fingerprint density at radius 2 is 1.31 bits per heavy atom. The van der Waals surface area contributed by atoms with Gasteiger partial charge >= 0.3 is 0 Å². The number of para-hydroxylation sites is 1. The van der Waals surface area contributed by atoms with Crippen LogP contribution in [0, 0.1) is 0 Å². The van der Waals surface area contributed by atoms with Crippen LogP contribution >= 0.6 is 31.9 Å². The van der Waals surface area contributed by atoms with Crippen LogP contribution in [0.1, 0.15) is 22.4 Å². The Balaban J connectivity index is 1.87. The van der Waals surface area contributed by atoms with E-state index >= 15 is 0 Å². The second-order valence-corrected chi connectivity index (χ2v) is 8.74. The molecule has 0 fully saturated rings. The minimum Gasteiger partial charge on any atom is -0.319 e. The molecule has 2 heterocycles.